The van der Waals surface area contributed by atoms with Gasteiger partial charge in [-0.1, -0.05) is 65.3 Å². The fourth-order valence-electron chi connectivity index (χ4n) is 2.41. The lowest BCUT2D eigenvalue weighted by Crippen LogP contribution is -2.31. The molecule has 3 N–H and O–H groups in total. The van der Waals surface area contributed by atoms with Crippen LogP contribution in [0.15, 0.2) is 95.2 Å². The van der Waals surface area contributed by atoms with E-state index in [0.29, 0.717) is 16.3 Å². The normalized spacial score (nSPS) is 11.8. The topological polar surface area (TPSA) is 86.1 Å². The Bertz CT molecular complexity index is 988. The summed E-state index contributed by atoms with van der Waals surface area (Å²) in [7, 11) is 0. The number of oxime groups is 1. The van der Waals surface area contributed by atoms with Crippen molar-refractivity contribution in [2.24, 2.45) is 10.3 Å². The van der Waals surface area contributed by atoms with Gasteiger partial charge in [-0.2, -0.15) is 5.10 Å². The van der Waals surface area contributed by atoms with E-state index in [0.717, 1.165) is 5.69 Å². The van der Waals surface area contributed by atoms with E-state index in [-0.39, 0.29) is 11.4 Å². The third kappa shape index (κ3) is 4.96. The molecule has 0 heterocycles. The minimum absolute atomic E-state index is 0.163. The molecule has 0 aromatic heterocycles. The van der Waals surface area contributed by atoms with Crippen molar-refractivity contribution in [1.29, 1.82) is 0 Å². The molecular weight excluding hydrogens is 376 g/mol. The molecule has 140 valence electrons. The Hall–Kier alpha value is -3.64. The van der Waals surface area contributed by atoms with Crippen molar-refractivity contribution in [3.05, 3.63) is 95.5 Å². The van der Waals surface area contributed by atoms with Gasteiger partial charge in [-0.25, -0.2) is 0 Å². The third-order valence-corrected chi connectivity index (χ3v) is 4.01. The summed E-state index contributed by atoms with van der Waals surface area (Å²) >= 11 is 5.96. The number of hydrogen-bond donors (Lipinski definition) is 3. The fraction of sp³-hybridized carbons (Fsp3) is 0. The first-order valence-corrected chi connectivity index (χ1v) is 8.78. The average molecular weight is 393 g/mol. The standard InChI is InChI=1S/C21H17ClN4O2/c22-16-13-11-15(12-14-16)19(25-24-18-9-5-2-6-10-18)20(26-28)21(27)23-17-7-3-1-4-8-17/h1-14,24,28H,(H,23,27)/b25-19-,26-20-. The van der Waals surface area contributed by atoms with Gasteiger partial charge in [-0.3, -0.25) is 10.2 Å². The minimum Gasteiger partial charge on any atom is -0.410 e. The highest BCUT2D eigenvalue weighted by Crippen LogP contribution is 2.14. The van der Waals surface area contributed by atoms with Gasteiger partial charge in [0.15, 0.2) is 5.71 Å². The zero-order chi connectivity index (χ0) is 19.8. The summed E-state index contributed by atoms with van der Waals surface area (Å²) in [6.07, 6.45) is 0. The summed E-state index contributed by atoms with van der Waals surface area (Å²) < 4.78 is 0. The van der Waals surface area contributed by atoms with Crippen LogP contribution in [0.5, 0.6) is 0 Å². The van der Waals surface area contributed by atoms with Gasteiger partial charge < -0.3 is 10.5 Å². The van der Waals surface area contributed by atoms with E-state index < -0.39 is 5.91 Å². The molecule has 0 saturated heterocycles. The summed E-state index contributed by atoms with van der Waals surface area (Å²) in [4.78, 5) is 12.7. The van der Waals surface area contributed by atoms with E-state index in [1.165, 1.54) is 0 Å². The Morgan fingerprint density at radius 2 is 1.39 bits per heavy atom. The van der Waals surface area contributed by atoms with Gasteiger partial charge >= 0.3 is 0 Å². The van der Waals surface area contributed by atoms with Crippen LogP contribution in [0, 0.1) is 0 Å². The average Bonchev–Trinajstić information content (AvgIpc) is 2.73. The number of carbonyl (C=O) groups is 1. The first-order chi connectivity index (χ1) is 13.7. The smallest absolute Gasteiger partial charge is 0.280 e. The second kappa shape index (κ2) is 9.34. The second-order valence-electron chi connectivity index (χ2n) is 5.71. The molecule has 28 heavy (non-hydrogen) atoms. The first-order valence-electron chi connectivity index (χ1n) is 8.41. The molecule has 3 aromatic rings. The van der Waals surface area contributed by atoms with Gasteiger partial charge in [0.2, 0.25) is 0 Å². The monoisotopic (exact) mass is 392 g/mol. The molecule has 0 radical (unpaired) electrons. The maximum atomic E-state index is 12.7. The molecule has 0 bridgehead atoms. The molecule has 3 aromatic carbocycles. The predicted octanol–water partition coefficient (Wildman–Crippen LogP) is 4.63. The van der Waals surface area contributed by atoms with Crippen LogP contribution < -0.4 is 10.7 Å². The predicted molar refractivity (Wildman–Crippen MR) is 112 cm³/mol. The van der Waals surface area contributed by atoms with Crippen molar-refractivity contribution in [3.63, 3.8) is 0 Å². The molecule has 0 atom stereocenters. The van der Waals surface area contributed by atoms with Gasteiger partial charge in [-0.15, -0.1) is 0 Å². The summed E-state index contributed by atoms with van der Waals surface area (Å²) in [5, 5.41) is 20.3. The van der Waals surface area contributed by atoms with E-state index >= 15 is 0 Å². The molecule has 0 aliphatic rings. The van der Waals surface area contributed by atoms with Crippen molar-refractivity contribution in [3.8, 4) is 0 Å². The molecule has 0 aliphatic heterocycles. The van der Waals surface area contributed by atoms with Gasteiger partial charge in [0.1, 0.15) is 5.71 Å². The summed E-state index contributed by atoms with van der Waals surface area (Å²) in [5.41, 5.74) is 4.64. The summed E-state index contributed by atoms with van der Waals surface area (Å²) in [6, 6.07) is 24.8. The number of rotatable bonds is 6. The molecule has 3 rings (SSSR count). The van der Waals surface area contributed by atoms with Crippen molar-refractivity contribution in [2.45, 2.75) is 0 Å². The van der Waals surface area contributed by atoms with Gasteiger partial charge in [0.05, 0.1) is 5.69 Å². The SMILES string of the molecule is O=C(Nc1ccccc1)C(=N\O)/C(=N\Nc1ccccc1)c1ccc(Cl)cc1. The maximum Gasteiger partial charge on any atom is 0.280 e. The molecule has 6 nitrogen and oxygen atoms in total. The molecule has 0 saturated carbocycles. The first kappa shape index (κ1) is 19.1. The summed E-state index contributed by atoms with van der Waals surface area (Å²) in [6.45, 7) is 0. The number of carbonyl (C=O) groups excluding carboxylic acids is 1. The van der Waals surface area contributed by atoms with Gasteiger partial charge in [0.25, 0.3) is 5.91 Å². The van der Waals surface area contributed by atoms with Crippen molar-refractivity contribution >= 4 is 40.3 Å². The Morgan fingerprint density at radius 3 is 1.96 bits per heavy atom. The molecule has 1 amide bonds. The number of amides is 1. The molecule has 0 aliphatic carbocycles. The van der Waals surface area contributed by atoms with Crippen molar-refractivity contribution in [2.75, 3.05) is 10.7 Å². The van der Waals surface area contributed by atoms with E-state index in [2.05, 4.69) is 21.0 Å². The lowest BCUT2D eigenvalue weighted by atomic mass is 10.1. The highest BCUT2D eigenvalue weighted by atomic mass is 35.5. The number of benzene rings is 3. The Labute approximate surface area is 167 Å². The van der Waals surface area contributed by atoms with Crippen molar-refractivity contribution in [1.82, 2.24) is 0 Å². The quantitative estimate of drug-likeness (QED) is 0.325. The van der Waals surface area contributed by atoms with E-state index in [1.807, 2.05) is 36.4 Å². The van der Waals surface area contributed by atoms with Crippen molar-refractivity contribution < 1.29 is 10.0 Å². The number of hydrogen-bond acceptors (Lipinski definition) is 5. The molecule has 7 heteroatoms. The molecular formula is C21H17ClN4O2. The van der Waals surface area contributed by atoms with Gasteiger partial charge in [-0.05, 0) is 36.4 Å². The molecule has 0 fully saturated rings. The van der Waals surface area contributed by atoms with Gasteiger partial charge in [0, 0.05) is 16.3 Å². The lowest BCUT2D eigenvalue weighted by Gasteiger charge is -2.11. The second-order valence-corrected chi connectivity index (χ2v) is 6.15. The van der Waals surface area contributed by atoms with Crippen LogP contribution in [-0.2, 0) is 4.79 Å². The third-order valence-electron chi connectivity index (χ3n) is 3.76. The number of anilines is 2. The number of hydrazone groups is 1. The van der Waals surface area contributed by atoms with Crippen LogP contribution in [-0.4, -0.2) is 22.5 Å². The van der Waals surface area contributed by atoms with Crippen LogP contribution in [0.4, 0.5) is 11.4 Å². The summed E-state index contributed by atoms with van der Waals surface area (Å²) in [5.74, 6) is -0.600. The Morgan fingerprint density at radius 1 is 0.821 bits per heavy atom. The number of para-hydroxylation sites is 2. The van der Waals surface area contributed by atoms with Crippen LogP contribution in [0.2, 0.25) is 5.02 Å². The highest BCUT2D eigenvalue weighted by Gasteiger charge is 2.21. The number of halogens is 1. The minimum atomic E-state index is -0.600. The van der Waals surface area contributed by atoms with E-state index in [1.54, 1.807) is 48.5 Å². The lowest BCUT2D eigenvalue weighted by molar-refractivity contribution is -0.110. The molecule has 0 unspecified atom stereocenters. The highest BCUT2D eigenvalue weighted by molar-refractivity contribution is 6.71. The zero-order valence-electron chi connectivity index (χ0n) is 14.7. The number of nitrogens with zero attached hydrogens (tertiary/aromatic N) is 2. The molecule has 0 spiro atoms. The van der Waals surface area contributed by atoms with Crippen LogP contribution in [0.25, 0.3) is 0 Å². The van der Waals surface area contributed by atoms with Crippen LogP contribution >= 0.6 is 11.6 Å². The Kier molecular flexibility index (Phi) is 6.38. The zero-order valence-corrected chi connectivity index (χ0v) is 15.5. The largest absolute Gasteiger partial charge is 0.410 e. The van der Waals surface area contributed by atoms with Crippen LogP contribution in [0.3, 0.4) is 0 Å². The van der Waals surface area contributed by atoms with E-state index in [4.69, 9.17) is 11.6 Å². The fourth-order valence-corrected chi connectivity index (χ4v) is 2.53. The Balaban J connectivity index is 1.93. The maximum absolute atomic E-state index is 12.7. The van der Waals surface area contributed by atoms with Crippen LogP contribution in [0.1, 0.15) is 5.56 Å². The number of nitrogens with one attached hydrogen (secondary N) is 2. The van der Waals surface area contributed by atoms with E-state index in [9.17, 15) is 10.0 Å².